The normalized spacial score (nSPS) is 9.29. The molecular formula is C11H12ClNS. The van der Waals surface area contributed by atoms with E-state index in [9.17, 15) is 0 Å². The van der Waals surface area contributed by atoms with E-state index in [0.29, 0.717) is 10.7 Å². The minimum Gasteiger partial charge on any atom is -0.398 e. The van der Waals surface area contributed by atoms with Gasteiger partial charge in [0.15, 0.2) is 0 Å². The maximum Gasteiger partial charge on any atom is 0.0646 e. The molecule has 1 nitrogen and oxygen atoms in total. The number of halogens is 1. The molecule has 3 heteroatoms. The third kappa shape index (κ3) is 3.53. The molecule has 0 fully saturated rings. The zero-order valence-corrected chi connectivity index (χ0v) is 9.58. The first-order valence-electron chi connectivity index (χ1n) is 4.31. The number of nitrogen functional groups attached to an aromatic ring is 1. The molecular weight excluding hydrogens is 214 g/mol. The topological polar surface area (TPSA) is 26.0 Å². The monoisotopic (exact) mass is 225 g/mol. The van der Waals surface area contributed by atoms with Gasteiger partial charge in [0.25, 0.3) is 0 Å². The Morgan fingerprint density at radius 1 is 1.50 bits per heavy atom. The van der Waals surface area contributed by atoms with Crippen LogP contribution < -0.4 is 5.73 Å². The van der Waals surface area contributed by atoms with E-state index in [2.05, 4.69) is 11.8 Å². The van der Waals surface area contributed by atoms with E-state index in [4.69, 9.17) is 17.3 Å². The van der Waals surface area contributed by atoms with Gasteiger partial charge in [-0.05, 0) is 25.1 Å². The lowest BCUT2D eigenvalue weighted by molar-refractivity contribution is 1.29. The summed E-state index contributed by atoms with van der Waals surface area (Å²) >= 11 is 7.63. The van der Waals surface area contributed by atoms with Gasteiger partial charge >= 0.3 is 0 Å². The van der Waals surface area contributed by atoms with Crippen molar-refractivity contribution in [3.63, 3.8) is 0 Å². The molecule has 0 aliphatic rings. The van der Waals surface area contributed by atoms with Crippen LogP contribution in [0.3, 0.4) is 0 Å². The second kappa shape index (κ2) is 5.85. The summed E-state index contributed by atoms with van der Waals surface area (Å²) in [5.41, 5.74) is 6.23. The standard InChI is InChI=1S/C11H12ClNS/c1-2-3-4-7-14-9-5-6-11(13)10(12)8-9/h5-6,8H,4,7,13H2,1H3. The summed E-state index contributed by atoms with van der Waals surface area (Å²) < 4.78 is 0. The van der Waals surface area contributed by atoms with Crippen molar-refractivity contribution >= 4 is 29.1 Å². The van der Waals surface area contributed by atoms with E-state index < -0.39 is 0 Å². The zero-order chi connectivity index (χ0) is 10.4. The molecule has 2 N–H and O–H groups in total. The van der Waals surface area contributed by atoms with Gasteiger partial charge in [0.05, 0.1) is 10.7 Å². The van der Waals surface area contributed by atoms with Gasteiger partial charge in [-0.2, -0.15) is 0 Å². The third-order valence-electron chi connectivity index (χ3n) is 1.64. The lowest BCUT2D eigenvalue weighted by Crippen LogP contribution is -1.86. The predicted molar refractivity (Wildman–Crippen MR) is 64.7 cm³/mol. The van der Waals surface area contributed by atoms with Crippen LogP contribution in [0.15, 0.2) is 23.1 Å². The third-order valence-corrected chi connectivity index (χ3v) is 2.97. The molecule has 0 aromatic heterocycles. The zero-order valence-electron chi connectivity index (χ0n) is 8.01. The number of hydrogen-bond donors (Lipinski definition) is 1. The Bertz CT molecular complexity index is 365. The molecule has 0 saturated heterocycles. The fourth-order valence-corrected chi connectivity index (χ4v) is 1.99. The summed E-state index contributed by atoms with van der Waals surface area (Å²) in [7, 11) is 0. The number of benzene rings is 1. The highest BCUT2D eigenvalue weighted by atomic mass is 35.5. The first kappa shape index (κ1) is 11.3. The fraction of sp³-hybridized carbons (Fsp3) is 0.273. The molecule has 0 radical (unpaired) electrons. The van der Waals surface area contributed by atoms with E-state index in [-0.39, 0.29) is 0 Å². The average Bonchev–Trinajstić information content (AvgIpc) is 2.18. The van der Waals surface area contributed by atoms with Crippen molar-refractivity contribution in [1.82, 2.24) is 0 Å². The van der Waals surface area contributed by atoms with E-state index in [1.165, 1.54) is 0 Å². The quantitative estimate of drug-likeness (QED) is 0.369. The smallest absolute Gasteiger partial charge is 0.0646 e. The Balaban J connectivity index is 2.50. The highest BCUT2D eigenvalue weighted by Crippen LogP contribution is 2.26. The maximum atomic E-state index is 5.89. The lowest BCUT2D eigenvalue weighted by Gasteiger charge is -2.01. The van der Waals surface area contributed by atoms with E-state index in [0.717, 1.165) is 17.1 Å². The van der Waals surface area contributed by atoms with E-state index >= 15 is 0 Å². The van der Waals surface area contributed by atoms with Crippen molar-refractivity contribution < 1.29 is 0 Å². The molecule has 0 aliphatic carbocycles. The molecule has 0 bridgehead atoms. The number of anilines is 1. The molecule has 1 aromatic carbocycles. The van der Waals surface area contributed by atoms with Crippen LogP contribution >= 0.6 is 23.4 Å². The molecule has 1 rings (SSSR count). The Kier molecular flexibility index (Phi) is 4.72. The van der Waals surface area contributed by atoms with Gasteiger partial charge in [-0.1, -0.05) is 11.6 Å². The van der Waals surface area contributed by atoms with Crippen molar-refractivity contribution in [3.05, 3.63) is 23.2 Å². The number of thioether (sulfide) groups is 1. The summed E-state index contributed by atoms with van der Waals surface area (Å²) in [5, 5.41) is 0.622. The Labute approximate surface area is 94.0 Å². The summed E-state index contributed by atoms with van der Waals surface area (Å²) in [4.78, 5) is 1.14. The van der Waals surface area contributed by atoms with E-state index in [1.54, 1.807) is 11.8 Å². The second-order valence-corrected chi connectivity index (χ2v) is 4.28. The minimum atomic E-state index is 0.622. The van der Waals surface area contributed by atoms with Crippen LogP contribution in [0.5, 0.6) is 0 Å². The molecule has 0 atom stereocenters. The van der Waals surface area contributed by atoms with Gasteiger partial charge < -0.3 is 5.73 Å². The number of rotatable bonds is 3. The number of hydrogen-bond acceptors (Lipinski definition) is 2. The Hall–Kier alpha value is -0.780. The van der Waals surface area contributed by atoms with Crippen LogP contribution in [0, 0.1) is 11.8 Å². The molecule has 0 saturated carbocycles. The molecule has 1 aromatic rings. The van der Waals surface area contributed by atoms with Gasteiger partial charge in [0.1, 0.15) is 0 Å². The minimum absolute atomic E-state index is 0.622. The molecule has 0 aliphatic heterocycles. The maximum absolute atomic E-state index is 5.89. The van der Waals surface area contributed by atoms with Crippen LogP contribution in [0.25, 0.3) is 0 Å². The lowest BCUT2D eigenvalue weighted by atomic mass is 10.3. The van der Waals surface area contributed by atoms with Gasteiger partial charge in [-0.15, -0.1) is 23.6 Å². The average molecular weight is 226 g/mol. The summed E-state index contributed by atoms with van der Waals surface area (Å²) in [6.07, 6.45) is 0.906. The highest BCUT2D eigenvalue weighted by molar-refractivity contribution is 7.99. The van der Waals surface area contributed by atoms with E-state index in [1.807, 2.05) is 25.1 Å². The molecule has 0 spiro atoms. The van der Waals surface area contributed by atoms with Crippen LogP contribution in [0.1, 0.15) is 13.3 Å². The molecule has 0 amide bonds. The predicted octanol–water partition coefficient (Wildman–Crippen LogP) is 3.43. The second-order valence-electron chi connectivity index (χ2n) is 2.71. The van der Waals surface area contributed by atoms with Crippen molar-refractivity contribution in [2.45, 2.75) is 18.2 Å². The van der Waals surface area contributed by atoms with Crippen LogP contribution in [0.4, 0.5) is 5.69 Å². The Morgan fingerprint density at radius 2 is 2.29 bits per heavy atom. The van der Waals surface area contributed by atoms with Crippen molar-refractivity contribution in [2.75, 3.05) is 11.5 Å². The van der Waals surface area contributed by atoms with Crippen molar-refractivity contribution in [1.29, 1.82) is 0 Å². The highest BCUT2D eigenvalue weighted by Gasteiger charge is 1.98. The summed E-state index contributed by atoms with van der Waals surface area (Å²) in [6, 6.07) is 5.70. The first-order valence-corrected chi connectivity index (χ1v) is 5.68. The molecule has 0 heterocycles. The largest absolute Gasteiger partial charge is 0.398 e. The summed E-state index contributed by atoms with van der Waals surface area (Å²) in [5.74, 6) is 6.87. The molecule has 74 valence electrons. The van der Waals surface area contributed by atoms with Gasteiger partial charge in [0.2, 0.25) is 0 Å². The number of nitrogens with two attached hydrogens (primary N) is 1. The first-order chi connectivity index (χ1) is 6.74. The van der Waals surface area contributed by atoms with Crippen LogP contribution in [0.2, 0.25) is 5.02 Å². The van der Waals surface area contributed by atoms with Crippen LogP contribution in [-0.2, 0) is 0 Å². The summed E-state index contributed by atoms with van der Waals surface area (Å²) in [6.45, 7) is 1.85. The Morgan fingerprint density at radius 3 is 2.93 bits per heavy atom. The van der Waals surface area contributed by atoms with Crippen molar-refractivity contribution in [3.8, 4) is 11.8 Å². The van der Waals surface area contributed by atoms with Gasteiger partial charge in [-0.25, -0.2) is 0 Å². The van der Waals surface area contributed by atoms with Gasteiger partial charge in [-0.3, -0.25) is 0 Å². The molecule has 0 unspecified atom stereocenters. The van der Waals surface area contributed by atoms with Gasteiger partial charge in [0, 0.05) is 17.1 Å². The SMILES string of the molecule is CC#CCCSc1ccc(N)c(Cl)c1. The van der Waals surface area contributed by atoms with Crippen molar-refractivity contribution in [2.24, 2.45) is 0 Å². The van der Waals surface area contributed by atoms with Crippen LogP contribution in [-0.4, -0.2) is 5.75 Å². The molecule has 14 heavy (non-hydrogen) atoms. The fourth-order valence-electron chi connectivity index (χ4n) is 0.943.